The van der Waals surface area contributed by atoms with Gasteiger partial charge in [0.05, 0.1) is 12.8 Å². The molecule has 0 radical (unpaired) electrons. The van der Waals surface area contributed by atoms with Crippen LogP contribution in [-0.2, 0) is 13.1 Å². The zero-order valence-electron chi connectivity index (χ0n) is 10.3. The minimum atomic E-state index is 0.500. The van der Waals surface area contributed by atoms with Gasteiger partial charge in [0.15, 0.2) is 0 Å². The van der Waals surface area contributed by atoms with Gasteiger partial charge >= 0.3 is 0 Å². The van der Waals surface area contributed by atoms with Gasteiger partial charge in [-0.05, 0) is 38.3 Å². The van der Waals surface area contributed by atoms with Gasteiger partial charge in [0.1, 0.15) is 5.76 Å². The van der Waals surface area contributed by atoms with Crippen LogP contribution in [0.4, 0.5) is 0 Å². The highest BCUT2D eigenvalue weighted by molar-refractivity contribution is 5.16. The fourth-order valence-corrected chi connectivity index (χ4v) is 2.55. The summed E-state index contributed by atoms with van der Waals surface area (Å²) in [5, 5.41) is 0. The molecule has 1 aliphatic rings. The van der Waals surface area contributed by atoms with E-state index in [-0.39, 0.29) is 0 Å². The summed E-state index contributed by atoms with van der Waals surface area (Å²) in [7, 11) is 0. The van der Waals surface area contributed by atoms with Crippen LogP contribution in [0.25, 0.3) is 0 Å². The predicted octanol–water partition coefficient (Wildman–Crippen LogP) is 2.36. The Morgan fingerprint density at radius 2 is 2.31 bits per heavy atom. The molecule has 0 bridgehead atoms. The van der Waals surface area contributed by atoms with E-state index in [4.69, 9.17) is 10.2 Å². The van der Waals surface area contributed by atoms with Gasteiger partial charge in [0.25, 0.3) is 0 Å². The molecule has 1 aromatic rings. The Morgan fingerprint density at radius 1 is 1.50 bits per heavy atom. The minimum Gasteiger partial charge on any atom is -0.468 e. The van der Waals surface area contributed by atoms with Crippen molar-refractivity contribution in [2.45, 2.75) is 45.8 Å². The van der Waals surface area contributed by atoms with Crippen molar-refractivity contribution in [3.8, 4) is 0 Å². The molecule has 0 amide bonds. The second-order valence-electron chi connectivity index (χ2n) is 4.90. The third-order valence-corrected chi connectivity index (χ3v) is 3.90. The standard InChI is InChI=1S/C13H22N2O/c1-10-4-3-6-15(11(10)2)9-12-5-7-16-13(12)8-14/h5,7,10-11H,3-4,6,8-9,14H2,1-2H3. The van der Waals surface area contributed by atoms with E-state index in [9.17, 15) is 0 Å². The summed E-state index contributed by atoms with van der Waals surface area (Å²) >= 11 is 0. The van der Waals surface area contributed by atoms with Crippen molar-refractivity contribution < 1.29 is 4.42 Å². The van der Waals surface area contributed by atoms with Gasteiger partial charge in [-0.3, -0.25) is 4.90 Å². The average Bonchev–Trinajstić information content (AvgIpc) is 2.72. The normalized spacial score (nSPS) is 27.2. The summed E-state index contributed by atoms with van der Waals surface area (Å²) in [5.41, 5.74) is 6.90. The van der Waals surface area contributed by atoms with Crippen molar-refractivity contribution in [1.29, 1.82) is 0 Å². The molecule has 0 saturated carbocycles. The van der Waals surface area contributed by atoms with E-state index < -0.39 is 0 Å². The molecule has 1 saturated heterocycles. The maximum atomic E-state index is 5.65. The van der Waals surface area contributed by atoms with E-state index in [1.807, 2.05) is 6.07 Å². The minimum absolute atomic E-state index is 0.500. The Morgan fingerprint density at radius 3 is 3.06 bits per heavy atom. The lowest BCUT2D eigenvalue weighted by molar-refractivity contribution is 0.106. The highest BCUT2D eigenvalue weighted by Gasteiger charge is 2.25. The molecule has 2 heterocycles. The number of likely N-dealkylation sites (tertiary alicyclic amines) is 1. The molecule has 2 unspecified atom stereocenters. The topological polar surface area (TPSA) is 42.4 Å². The van der Waals surface area contributed by atoms with Gasteiger partial charge in [-0.15, -0.1) is 0 Å². The first kappa shape index (κ1) is 11.7. The van der Waals surface area contributed by atoms with Crippen LogP contribution in [0, 0.1) is 5.92 Å². The summed E-state index contributed by atoms with van der Waals surface area (Å²) in [6.45, 7) is 7.34. The Labute approximate surface area is 97.6 Å². The summed E-state index contributed by atoms with van der Waals surface area (Å²) in [4.78, 5) is 2.54. The highest BCUT2D eigenvalue weighted by Crippen LogP contribution is 2.25. The highest BCUT2D eigenvalue weighted by atomic mass is 16.3. The number of nitrogens with zero attached hydrogens (tertiary/aromatic N) is 1. The zero-order valence-corrected chi connectivity index (χ0v) is 10.3. The fraction of sp³-hybridized carbons (Fsp3) is 0.692. The first-order valence-corrected chi connectivity index (χ1v) is 6.21. The molecule has 3 heteroatoms. The molecule has 1 aliphatic heterocycles. The second-order valence-corrected chi connectivity index (χ2v) is 4.90. The number of hydrogen-bond acceptors (Lipinski definition) is 3. The van der Waals surface area contributed by atoms with Gasteiger partial charge in [-0.25, -0.2) is 0 Å². The molecular weight excluding hydrogens is 200 g/mol. The van der Waals surface area contributed by atoms with Crippen LogP contribution in [0.3, 0.4) is 0 Å². The predicted molar refractivity (Wildman–Crippen MR) is 64.9 cm³/mol. The average molecular weight is 222 g/mol. The lowest BCUT2D eigenvalue weighted by Gasteiger charge is -2.37. The molecule has 16 heavy (non-hydrogen) atoms. The molecule has 2 rings (SSSR count). The Bertz CT molecular complexity index is 334. The molecule has 0 aliphatic carbocycles. The van der Waals surface area contributed by atoms with E-state index in [0.29, 0.717) is 12.6 Å². The third-order valence-electron chi connectivity index (χ3n) is 3.90. The molecule has 3 nitrogen and oxygen atoms in total. The van der Waals surface area contributed by atoms with Crippen LogP contribution in [-0.4, -0.2) is 17.5 Å². The van der Waals surface area contributed by atoms with Gasteiger partial charge in [-0.2, -0.15) is 0 Å². The number of piperidine rings is 1. The van der Waals surface area contributed by atoms with E-state index in [2.05, 4.69) is 18.7 Å². The first-order valence-electron chi connectivity index (χ1n) is 6.21. The van der Waals surface area contributed by atoms with Gasteiger partial charge < -0.3 is 10.2 Å². The third kappa shape index (κ3) is 2.30. The molecule has 90 valence electrons. The van der Waals surface area contributed by atoms with Crippen LogP contribution in [0.5, 0.6) is 0 Å². The molecule has 1 fully saturated rings. The quantitative estimate of drug-likeness (QED) is 0.853. The van der Waals surface area contributed by atoms with E-state index in [0.717, 1.165) is 18.2 Å². The van der Waals surface area contributed by atoms with Crippen LogP contribution < -0.4 is 5.73 Å². The maximum absolute atomic E-state index is 5.65. The number of furan rings is 1. The molecule has 1 aromatic heterocycles. The zero-order chi connectivity index (χ0) is 11.5. The van der Waals surface area contributed by atoms with Crippen LogP contribution in [0.15, 0.2) is 16.7 Å². The molecular formula is C13H22N2O. The van der Waals surface area contributed by atoms with Gasteiger partial charge in [-0.1, -0.05) is 6.92 Å². The summed E-state index contributed by atoms with van der Waals surface area (Å²) in [6, 6.07) is 2.71. The van der Waals surface area contributed by atoms with Crippen LogP contribution in [0.1, 0.15) is 38.0 Å². The maximum Gasteiger partial charge on any atom is 0.121 e. The molecule has 0 aromatic carbocycles. The van der Waals surface area contributed by atoms with Gasteiger partial charge in [0.2, 0.25) is 0 Å². The smallest absolute Gasteiger partial charge is 0.121 e. The van der Waals surface area contributed by atoms with Crippen molar-refractivity contribution in [2.24, 2.45) is 11.7 Å². The van der Waals surface area contributed by atoms with E-state index in [1.165, 1.54) is 24.9 Å². The lowest BCUT2D eigenvalue weighted by Crippen LogP contribution is -2.41. The largest absolute Gasteiger partial charge is 0.468 e. The van der Waals surface area contributed by atoms with Gasteiger partial charge in [0, 0.05) is 18.2 Å². The van der Waals surface area contributed by atoms with E-state index >= 15 is 0 Å². The molecule has 2 N–H and O–H groups in total. The van der Waals surface area contributed by atoms with Crippen molar-refractivity contribution in [3.63, 3.8) is 0 Å². The summed E-state index contributed by atoms with van der Waals surface area (Å²) in [5.74, 6) is 1.73. The number of hydrogen-bond donors (Lipinski definition) is 1. The van der Waals surface area contributed by atoms with Crippen LogP contribution in [0.2, 0.25) is 0 Å². The first-order chi connectivity index (χ1) is 7.72. The second kappa shape index (κ2) is 5.02. The Kier molecular flexibility index (Phi) is 3.66. The number of rotatable bonds is 3. The Balaban J connectivity index is 2.03. The SMILES string of the molecule is CC1CCCN(Cc2ccoc2CN)C1C. The van der Waals surface area contributed by atoms with Crippen molar-refractivity contribution in [3.05, 3.63) is 23.7 Å². The van der Waals surface area contributed by atoms with Crippen molar-refractivity contribution in [1.82, 2.24) is 4.90 Å². The summed E-state index contributed by atoms with van der Waals surface area (Å²) < 4.78 is 5.37. The number of nitrogens with two attached hydrogens (primary N) is 1. The lowest BCUT2D eigenvalue weighted by atomic mass is 9.92. The Hall–Kier alpha value is -0.800. The van der Waals surface area contributed by atoms with Crippen molar-refractivity contribution in [2.75, 3.05) is 6.54 Å². The fourth-order valence-electron chi connectivity index (χ4n) is 2.55. The van der Waals surface area contributed by atoms with Crippen LogP contribution >= 0.6 is 0 Å². The van der Waals surface area contributed by atoms with Crippen molar-refractivity contribution >= 4 is 0 Å². The monoisotopic (exact) mass is 222 g/mol. The molecule has 0 spiro atoms. The summed E-state index contributed by atoms with van der Waals surface area (Å²) in [6.07, 6.45) is 4.41. The van der Waals surface area contributed by atoms with E-state index in [1.54, 1.807) is 6.26 Å². The molecule has 2 atom stereocenters.